The van der Waals surface area contributed by atoms with Crippen LogP contribution in [0.15, 0.2) is 6.07 Å². The molecule has 5 fully saturated rings. The van der Waals surface area contributed by atoms with Gasteiger partial charge in [0, 0.05) is 18.3 Å². The Balaban J connectivity index is 1.29. The van der Waals surface area contributed by atoms with Crippen molar-refractivity contribution >= 4 is 5.91 Å². The number of rotatable bonds is 3. The number of hydrogen-bond acceptors (Lipinski definition) is 4. The van der Waals surface area contributed by atoms with E-state index in [0.717, 1.165) is 67.9 Å². The summed E-state index contributed by atoms with van der Waals surface area (Å²) in [5.41, 5.74) is 0.883. The summed E-state index contributed by atoms with van der Waals surface area (Å²) in [5.74, 6) is 4.25. The van der Waals surface area contributed by atoms with Crippen molar-refractivity contribution in [1.82, 2.24) is 14.9 Å². The molecule has 1 saturated heterocycles. The minimum Gasteiger partial charge on any atom is -0.472 e. The monoisotopic (exact) mass is 369 g/mol. The van der Waals surface area contributed by atoms with E-state index in [-0.39, 0.29) is 11.5 Å². The summed E-state index contributed by atoms with van der Waals surface area (Å²) >= 11 is 0. The van der Waals surface area contributed by atoms with Gasteiger partial charge in [-0.3, -0.25) is 4.79 Å². The average Bonchev–Trinajstić information content (AvgIpc) is 2.59. The van der Waals surface area contributed by atoms with Crippen LogP contribution in [0.1, 0.15) is 62.9 Å². The van der Waals surface area contributed by atoms with Crippen LogP contribution in [-0.2, 0) is 4.79 Å². The summed E-state index contributed by atoms with van der Waals surface area (Å²) < 4.78 is 6.17. The van der Waals surface area contributed by atoms with Crippen molar-refractivity contribution in [2.45, 2.75) is 71.3 Å². The van der Waals surface area contributed by atoms with E-state index in [2.05, 4.69) is 14.9 Å². The molecule has 5 aliphatic rings. The molecule has 1 aliphatic heterocycles. The van der Waals surface area contributed by atoms with E-state index < -0.39 is 0 Å². The van der Waals surface area contributed by atoms with Crippen molar-refractivity contribution in [3.05, 3.63) is 17.6 Å². The molecule has 0 spiro atoms. The second kappa shape index (κ2) is 6.46. The number of hydrogen-bond donors (Lipinski definition) is 0. The highest BCUT2D eigenvalue weighted by molar-refractivity contribution is 5.83. The lowest BCUT2D eigenvalue weighted by Crippen LogP contribution is -2.57. The van der Waals surface area contributed by atoms with Gasteiger partial charge in [-0.1, -0.05) is 0 Å². The maximum absolute atomic E-state index is 13.6. The summed E-state index contributed by atoms with van der Waals surface area (Å²) in [4.78, 5) is 24.5. The largest absolute Gasteiger partial charge is 0.472 e. The Morgan fingerprint density at radius 1 is 1.11 bits per heavy atom. The molecule has 5 nitrogen and oxygen atoms in total. The van der Waals surface area contributed by atoms with Crippen molar-refractivity contribution in [2.24, 2.45) is 23.2 Å². The fourth-order valence-electron chi connectivity index (χ4n) is 6.84. The highest BCUT2D eigenvalue weighted by atomic mass is 16.5. The van der Waals surface area contributed by atoms with E-state index >= 15 is 0 Å². The first-order chi connectivity index (χ1) is 13.0. The van der Waals surface area contributed by atoms with Gasteiger partial charge in [-0.25, -0.2) is 4.98 Å². The van der Waals surface area contributed by atoms with E-state index in [1.165, 1.54) is 19.3 Å². The minimum atomic E-state index is -0.0429. The number of carbonyl (C=O) groups is 1. The van der Waals surface area contributed by atoms with Gasteiger partial charge in [0.2, 0.25) is 11.8 Å². The summed E-state index contributed by atoms with van der Waals surface area (Å²) in [7, 11) is 0. The Kier molecular flexibility index (Phi) is 4.17. The first-order valence-electron chi connectivity index (χ1n) is 10.8. The van der Waals surface area contributed by atoms with Crippen molar-refractivity contribution in [3.8, 4) is 5.88 Å². The zero-order valence-electron chi connectivity index (χ0n) is 16.6. The van der Waals surface area contributed by atoms with Gasteiger partial charge in [-0.15, -0.1) is 0 Å². The smallest absolute Gasteiger partial charge is 0.228 e. The Morgan fingerprint density at radius 3 is 2.41 bits per heavy atom. The second-order valence-corrected chi connectivity index (χ2v) is 9.73. The number of nitrogens with zero attached hydrogens (tertiary/aromatic N) is 3. The maximum atomic E-state index is 13.6. The minimum absolute atomic E-state index is 0.0429. The van der Waals surface area contributed by atoms with Crippen LogP contribution in [0.4, 0.5) is 0 Å². The molecule has 4 aliphatic carbocycles. The third-order valence-electron chi connectivity index (χ3n) is 7.39. The van der Waals surface area contributed by atoms with Crippen LogP contribution >= 0.6 is 0 Å². The first kappa shape index (κ1) is 17.4. The Morgan fingerprint density at radius 2 is 1.78 bits per heavy atom. The average molecular weight is 370 g/mol. The highest BCUT2D eigenvalue weighted by Gasteiger charge is 2.55. The summed E-state index contributed by atoms with van der Waals surface area (Å²) in [6.07, 6.45) is 9.63. The number of likely N-dealkylation sites (tertiary alicyclic amines) is 1. The topological polar surface area (TPSA) is 55.3 Å². The van der Waals surface area contributed by atoms with Crippen LogP contribution in [0.5, 0.6) is 5.88 Å². The van der Waals surface area contributed by atoms with Crippen LogP contribution < -0.4 is 4.74 Å². The standard InChI is InChI=1S/C22H31N3O2/c1-14-6-20(24-15(2)23-14)27-19-4-3-5-25(13-19)21(26)22-10-16-7-17(11-22)9-18(8-16)12-22/h6,16-19H,3-5,7-13H2,1-2H3. The number of aryl methyl sites for hydroxylation is 2. The van der Waals surface area contributed by atoms with Crippen LogP contribution in [0.3, 0.4) is 0 Å². The van der Waals surface area contributed by atoms with E-state index in [9.17, 15) is 4.79 Å². The van der Waals surface area contributed by atoms with Crippen LogP contribution in [0.2, 0.25) is 0 Å². The van der Waals surface area contributed by atoms with Crippen molar-refractivity contribution in [3.63, 3.8) is 0 Å². The second-order valence-electron chi connectivity index (χ2n) is 9.73. The molecule has 4 saturated carbocycles. The quantitative estimate of drug-likeness (QED) is 0.816. The fraction of sp³-hybridized carbons (Fsp3) is 0.773. The predicted octanol–water partition coefficient (Wildman–Crippen LogP) is 3.68. The van der Waals surface area contributed by atoms with E-state index in [4.69, 9.17) is 4.74 Å². The van der Waals surface area contributed by atoms with E-state index in [1.54, 1.807) is 0 Å². The number of ether oxygens (including phenoxy) is 1. The van der Waals surface area contributed by atoms with Crippen molar-refractivity contribution < 1.29 is 9.53 Å². The molecule has 1 atom stereocenters. The molecule has 0 radical (unpaired) electrons. The molecular weight excluding hydrogens is 338 g/mol. The van der Waals surface area contributed by atoms with Crippen LogP contribution in [0.25, 0.3) is 0 Å². The molecular formula is C22H31N3O2. The van der Waals surface area contributed by atoms with Gasteiger partial charge in [-0.05, 0) is 83.0 Å². The number of carbonyl (C=O) groups excluding carboxylic acids is 1. The maximum Gasteiger partial charge on any atom is 0.228 e. The molecule has 146 valence electrons. The summed E-state index contributed by atoms with van der Waals surface area (Å²) in [6.45, 7) is 5.46. The molecule has 0 aromatic carbocycles. The van der Waals surface area contributed by atoms with Gasteiger partial charge < -0.3 is 9.64 Å². The molecule has 4 bridgehead atoms. The van der Waals surface area contributed by atoms with Crippen molar-refractivity contribution in [2.75, 3.05) is 13.1 Å². The van der Waals surface area contributed by atoms with Crippen LogP contribution in [-0.4, -0.2) is 40.0 Å². The van der Waals surface area contributed by atoms with Gasteiger partial charge in [0.1, 0.15) is 11.9 Å². The summed E-state index contributed by atoms with van der Waals surface area (Å²) in [5, 5.41) is 0. The lowest BCUT2D eigenvalue weighted by atomic mass is 9.49. The summed E-state index contributed by atoms with van der Waals surface area (Å²) in [6, 6.07) is 1.90. The normalized spacial score (nSPS) is 37.5. The van der Waals surface area contributed by atoms with Gasteiger partial charge in [0.15, 0.2) is 0 Å². The molecule has 1 unspecified atom stereocenters. The van der Waals surface area contributed by atoms with Gasteiger partial charge in [0.05, 0.1) is 12.0 Å². The lowest BCUT2D eigenvalue weighted by Gasteiger charge is -2.57. The SMILES string of the molecule is Cc1cc(OC2CCCN(C(=O)C34CC5CC(CC(C5)C3)C4)C2)nc(C)n1. The van der Waals surface area contributed by atoms with Gasteiger partial charge in [-0.2, -0.15) is 4.98 Å². The number of piperidine rings is 1. The van der Waals surface area contributed by atoms with Gasteiger partial charge in [0.25, 0.3) is 0 Å². The molecule has 5 heteroatoms. The molecule has 27 heavy (non-hydrogen) atoms. The third-order valence-corrected chi connectivity index (χ3v) is 7.39. The molecule has 0 N–H and O–H groups in total. The van der Waals surface area contributed by atoms with Crippen LogP contribution in [0, 0.1) is 37.0 Å². The Labute approximate surface area is 161 Å². The molecule has 6 rings (SSSR count). The molecule has 1 aromatic rings. The molecule has 1 aromatic heterocycles. The third kappa shape index (κ3) is 3.23. The Bertz CT molecular complexity index is 692. The molecule has 1 amide bonds. The number of aromatic nitrogens is 2. The first-order valence-corrected chi connectivity index (χ1v) is 10.8. The highest BCUT2D eigenvalue weighted by Crippen LogP contribution is 2.60. The van der Waals surface area contributed by atoms with E-state index in [0.29, 0.717) is 18.3 Å². The number of amides is 1. The van der Waals surface area contributed by atoms with Gasteiger partial charge >= 0.3 is 0 Å². The zero-order chi connectivity index (χ0) is 18.6. The Hall–Kier alpha value is -1.65. The zero-order valence-corrected chi connectivity index (χ0v) is 16.6. The van der Waals surface area contributed by atoms with Crippen molar-refractivity contribution in [1.29, 1.82) is 0 Å². The molecule has 2 heterocycles. The van der Waals surface area contributed by atoms with E-state index in [1.807, 2.05) is 19.9 Å². The lowest BCUT2D eigenvalue weighted by molar-refractivity contribution is -0.160. The predicted molar refractivity (Wildman–Crippen MR) is 102 cm³/mol. The fourth-order valence-corrected chi connectivity index (χ4v) is 6.84.